The molecule has 1 heterocycles. The highest BCUT2D eigenvalue weighted by Gasteiger charge is 2.22. The Morgan fingerprint density at radius 1 is 1.39 bits per heavy atom. The number of hydrogen-bond acceptors (Lipinski definition) is 4. The zero-order valence-corrected chi connectivity index (χ0v) is 9.29. The van der Waals surface area contributed by atoms with Crippen molar-refractivity contribution in [3.05, 3.63) is 57.9 Å². The zero-order chi connectivity index (χ0) is 13.0. The third-order valence-electron chi connectivity index (χ3n) is 2.33. The smallest absolute Gasteiger partial charge is 0.319 e. The molecule has 0 atom stereocenters. The Labute approximate surface area is 102 Å². The summed E-state index contributed by atoms with van der Waals surface area (Å²) in [4.78, 5) is 21.7. The van der Waals surface area contributed by atoms with Crippen LogP contribution >= 0.6 is 0 Å². The lowest BCUT2D eigenvalue weighted by Crippen LogP contribution is -2.23. The minimum absolute atomic E-state index is 0.212. The van der Waals surface area contributed by atoms with Gasteiger partial charge < -0.3 is 5.32 Å². The van der Waals surface area contributed by atoms with E-state index in [9.17, 15) is 14.9 Å². The fourth-order valence-corrected chi connectivity index (χ4v) is 1.45. The van der Waals surface area contributed by atoms with Gasteiger partial charge >= 0.3 is 5.69 Å². The molecule has 1 amide bonds. The van der Waals surface area contributed by atoms with Gasteiger partial charge in [0.15, 0.2) is 0 Å². The van der Waals surface area contributed by atoms with E-state index in [4.69, 9.17) is 0 Å². The van der Waals surface area contributed by atoms with E-state index in [2.05, 4.69) is 15.5 Å². The molecule has 18 heavy (non-hydrogen) atoms. The molecule has 0 aliphatic heterocycles. The van der Waals surface area contributed by atoms with Crippen LogP contribution in [0, 0.1) is 10.1 Å². The Morgan fingerprint density at radius 3 is 2.78 bits per heavy atom. The summed E-state index contributed by atoms with van der Waals surface area (Å²) in [7, 11) is 0. The molecule has 0 saturated heterocycles. The standard InChI is InChI=1S/C11H10N4O3/c16-11(10-9(15(17)18)7-13-14-10)12-6-8-4-2-1-3-5-8/h1-5,7H,6H2,(H,12,16)(H,13,14). The van der Waals surface area contributed by atoms with E-state index >= 15 is 0 Å². The minimum atomic E-state index is -0.652. The Balaban J connectivity index is 2.04. The predicted octanol–water partition coefficient (Wildman–Crippen LogP) is 1.25. The summed E-state index contributed by atoms with van der Waals surface area (Å²) in [6.45, 7) is 0.295. The lowest BCUT2D eigenvalue weighted by Gasteiger charge is -2.02. The number of benzene rings is 1. The zero-order valence-electron chi connectivity index (χ0n) is 9.29. The number of rotatable bonds is 4. The lowest BCUT2D eigenvalue weighted by atomic mass is 10.2. The largest absolute Gasteiger partial charge is 0.346 e. The van der Waals surface area contributed by atoms with Crippen LogP contribution in [-0.4, -0.2) is 21.0 Å². The highest BCUT2D eigenvalue weighted by molar-refractivity contribution is 5.95. The van der Waals surface area contributed by atoms with Gasteiger partial charge in [-0.25, -0.2) is 0 Å². The van der Waals surface area contributed by atoms with Crippen molar-refractivity contribution in [3.8, 4) is 0 Å². The molecule has 1 aromatic heterocycles. The number of hydrogen-bond donors (Lipinski definition) is 2. The molecule has 2 rings (SSSR count). The van der Waals surface area contributed by atoms with Crippen LogP contribution < -0.4 is 5.32 Å². The first-order chi connectivity index (χ1) is 8.68. The maximum Gasteiger partial charge on any atom is 0.319 e. The van der Waals surface area contributed by atoms with Crippen LogP contribution in [0.4, 0.5) is 5.69 Å². The van der Waals surface area contributed by atoms with E-state index < -0.39 is 10.8 Å². The second kappa shape index (κ2) is 5.09. The van der Waals surface area contributed by atoms with Crippen molar-refractivity contribution in [3.63, 3.8) is 0 Å². The molecule has 92 valence electrons. The third-order valence-corrected chi connectivity index (χ3v) is 2.33. The van der Waals surface area contributed by atoms with Gasteiger partial charge in [0.2, 0.25) is 5.69 Å². The summed E-state index contributed by atoms with van der Waals surface area (Å²) in [5.41, 5.74) is 0.362. The number of nitro groups is 1. The Morgan fingerprint density at radius 2 is 2.11 bits per heavy atom. The fraction of sp³-hybridized carbons (Fsp3) is 0.0909. The molecule has 0 unspecified atom stereocenters. The molecule has 0 aliphatic carbocycles. The summed E-state index contributed by atoms with van der Waals surface area (Å²) < 4.78 is 0. The summed E-state index contributed by atoms with van der Waals surface area (Å²) in [6.07, 6.45) is 1.08. The molecule has 7 nitrogen and oxygen atoms in total. The van der Waals surface area contributed by atoms with Crippen LogP contribution in [0.15, 0.2) is 36.5 Å². The first-order valence-corrected chi connectivity index (χ1v) is 5.19. The normalized spacial score (nSPS) is 10.0. The van der Waals surface area contributed by atoms with Crippen molar-refractivity contribution in [2.75, 3.05) is 0 Å². The SMILES string of the molecule is O=C(NCc1ccccc1)c1n[nH]cc1[N+](=O)[O-]. The molecule has 0 bridgehead atoms. The van der Waals surface area contributed by atoms with Crippen molar-refractivity contribution in [1.29, 1.82) is 0 Å². The average Bonchev–Trinajstić information content (AvgIpc) is 2.86. The quantitative estimate of drug-likeness (QED) is 0.626. The Hall–Kier alpha value is -2.70. The van der Waals surface area contributed by atoms with Gasteiger partial charge in [0.1, 0.15) is 6.20 Å². The first-order valence-electron chi connectivity index (χ1n) is 5.19. The van der Waals surface area contributed by atoms with Gasteiger partial charge in [0.05, 0.1) is 4.92 Å². The Bertz CT molecular complexity index is 565. The summed E-state index contributed by atoms with van der Waals surface area (Å²) in [6, 6.07) is 9.25. The van der Waals surface area contributed by atoms with Crippen LogP contribution in [0.25, 0.3) is 0 Å². The number of carbonyl (C=O) groups is 1. The van der Waals surface area contributed by atoms with Gasteiger partial charge in [0, 0.05) is 6.54 Å². The van der Waals surface area contributed by atoms with Crippen molar-refractivity contribution < 1.29 is 9.72 Å². The third kappa shape index (κ3) is 2.51. The molecule has 0 saturated carbocycles. The van der Waals surface area contributed by atoms with Crippen LogP contribution in [0.2, 0.25) is 0 Å². The van der Waals surface area contributed by atoms with E-state index in [1.165, 1.54) is 0 Å². The fourth-order valence-electron chi connectivity index (χ4n) is 1.45. The predicted molar refractivity (Wildman–Crippen MR) is 62.9 cm³/mol. The lowest BCUT2D eigenvalue weighted by molar-refractivity contribution is -0.385. The minimum Gasteiger partial charge on any atom is -0.346 e. The number of aromatic amines is 1. The molecular formula is C11H10N4O3. The number of nitrogens with one attached hydrogen (secondary N) is 2. The Kier molecular flexibility index (Phi) is 3.33. The number of H-pyrrole nitrogens is 1. The summed E-state index contributed by atoms with van der Waals surface area (Å²) in [5, 5.41) is 19.1. The van der Waals surface area contributed by atoms with Crippen LogP contribution in [-0.2, 0) is 6.54 Å². The molecule has 0 radical (unpaired) electrons. The highest BCUT2D eigenvalue weighted by atomic mass is 16.6. The molecule has 0 fully saturated rings. The van der Waals surface area contributed by atoms with Gasteiger partial charge in [-0.3, -0.25) is 20.0 Å². The average molecular weight is 246 g/mol. The summed E-state index contributed by atoms with van der Waals surface area (Å²) >= 11 is 0. The second-order valence-corrected chi connectivity index (χ2v) is 3.54. The van der Waals surface area contributed by atoms with Crippen molar-refractivity contribution in [1.82, 2.24) is 15.5 Å². The van der Waals surface area contributed by atoms with Gasteiger partial charge in [0.25, 0.3) is 5.91 Å². The molecule has 2 N–H and O–H groups in total. The molecule has 0 spiro atoms. The van der Waals surface area contributed by atoms with E-state index in [-0.39, 0.29) is 11.4 Å². The number of nitrogens with zero attached hydrogens (tertiary/aromatic N) is 2. The maximum atomic E-state index is 11.7. The van der Waals surface area contributed by atoms with E-state index in [1.807, 2.05) is 30.3 Å². The van der Waals surface area contributed by atoms with Crippen molar-refractivity contribution >= 4 is 11.6 Å². The van der Waals surface area contributed by atoms with Crippen LogP contribution in [0.1, 0.15) is 16.1 Å². The maximum absolute atomic E-state index is 11.7. The molecular weight excluding hydrogens is 236 g/mol. The first kappa shape index (κ1) is 11.8. The monoisotopic (exact) mass is 246 g/mol. The van der Waals surface area contributed by atoms with E-state index in [0.717, 1.165) is 11.8 Å². The van der Waals surface area contributed by atoms with Gasteiger partial charge in [-0.05, 0) is 5.56 Å². The molecule has 1 aromatic carbocycles. The topological polar surface area (TPSA) is 101 Å². The molecule has 2 aromatic rings. The summed E-state index contributed by atoms with van der Waals surface area (Å²) in [5.74, 6) is -0.577. The number of amides is 1. The molecule has 7 heteroatoms. The highest BCUT2D eigenvalue weighted by Crippen LogP contribution is 2.14. The van der Waals surface area contributed by atoms with Crippen LogP contribution in [0.5, 0.6) is 0 Å². The van der Waals surface area contributed by atoms with Gasteiger partial charge in [-0.15, -0.1) is 0 Å². The van der Waals surface area contributed by atoms with E-state index in [0.29, 0.717) is 6.54 Å². The van der Waals surface area contributed by atoms with E-state index in [1.54, 1.807) is 0 Å². The van der Waals surface area contributed by atoms with Gasteiger partial charge in [-0.1, -0.05) is 30.3 Å². The molecule has 0 aliphatic rings. The van der Waals surface area contributed by atoms with Crippen molar-refractivity contribution in [2.24, 2.45) is 0 Å². The van der Waals surface area contributed by atoms with Crippen LogP contribution in [0.3, 0.4) is 0 Å². The second-order valence-electron chi connectivity index (χ2n) is 3.54. The number of carbonyl (C=O) groups excluding carboxylic acids is 1. The number of aromatic nitrogens is 2. The van der Waals surface area contributed by atoms with Gasteiger partial charge in [-0.2, -0.15) is 5.10 Å². The van der Waals surface area contributed by atoms with Crippen molar-refractivity contribution in [2.45, 2.75) is 6.54 Å².